The van der Waals surface area contributed by atoms with Crippen LogP contribution in [0.3, 0.4) is 0 Å². The second-order valence-corrected chi connectivity index (χ2v) is 5.64. The molecular weight excluding hydrogens is 349 g/mol. The SMILES string of the molecule is COc1ccc(OCC(=O)Nc2cc(C(F)(F)F)ccc2N(C)C)cc1. The predicted octanol–water partition coefficient (Wildman–Crippen LogP) is 3.80. The number of rotatable bonds is 6. The molecular formula is C18H19F3N2O3. The number of nitrogens with zero attached hydrogens (tertiary/aromatic N) is 1. The molecule has 8 heteroatoms. The number of nitrogens with one attached hydrogen (secondary N) is 1. The van der Waals surface area contributed by atoms with E-state index >= 15 is 0 Å². The van der Waals surface area contributed by atoms with Crippen LogP contribution in [0.15, 0.2) is 42.5 Å². The second kappa shape index (κ2) is 7.99. The first-order valence-corrected chi connectivity index (χ1v) is 7.66. The molecule has 0 fully saturated rings. The Morgan fingerprint density at radius 1 is 1.08 bits per heavy atom. The van der Waals surface area contributed by atoms with Crippen LogP contribution >= 0.6 is 0 Å². The Labute approximate surface area is 149 Å². The van der Waals surface area contributed by atoms with Gasteiger partial charge in [-0.05, 0) is 42.5 Å². The summed E-state index contributed by atoms with van der Waals surface area (Å²) in [7, 11) is 4.87. The van der Waals surface area contributed by atoms with Gasteiger partial charge in [0.2, 0.25) is 0 Å². The quantitative estimate of drug-likeness (QED) is 0.843. The fraction of sp³-hybridized carbons (Fsp3) is 0.278. The number of ether oxygens (including phenoxy) is 2. The maximum Gasteiger partial charge on any atom is 0.416 e. The van der Waals surface area contributed by atoms with Crippen LogP contribution in [0.1, 0.15) is 5.56 Å². The van der Waals surface area contributed by atoms with Gasteiger partial charge in [0.25, 0.3) is 5.91 Å². The Balaban J connectivity index is 2.08. The fourth-order valence-corrected chi connectivity index (χ4v) is 2.21. The highest BCUT2D eigenvalue weighted by atomic mass is 19.4. The van der Waals surface area contributed by atoms with Crippen LogP contribution in [0, 0.1) is 0 Å². The van der Waals surface area contributed by atoms with Crippen LogP contribution in [0.4, 0.5) is 24.5 Å². The molecule has 0 atom stereocenters. The zero-order valence-corrected chi connectivity index (χ0v) is 14.6. The van der Waals surface area contributed by atoms with E-state index in [0.29, 0.717) is 17.2 Å². The van der Waals surface area contributed by atoms with E-state index < -0.39 is 17.6 Å². The molecule has 0 aromatic heterocycles. The second-order valence-electron chi connectivity index (χ2n) is 5.64. The van der Waals surface area contributed by atoms with Gasteiger partial charge < -0.3 is 19.7 Å². The normalized spacial score (nSPS) is 11.0. The molecule has 140 valence electrons. The van der Waals surface area contributed by atoms with E-state index in [2.05, 4.69) is 5.32 Å². The maximum absolute atomic E-state index is 12.9. The van der Waals surface area contributed by atoms with Crippen molar-refractivity contribution in [1.29, 1.82) is 0 Å². The highest BCUT2D eigenvalue weighted by Crippen LogP contribution is 2.34. The number of carbonyl (C=O) groups is 1. The van der Waals surface area contributed by atoms with Crippen molar-refractivity contribution in [3.05, 3.63) is 48.0 Å². The molecule has 2 rings (SSSR count). The highest BCUT2D eigenvalue weighted by molar-refractivity contribution is 5.95. The third-order valence-corrected chi connectivity index (χ3v) is 3.51. The average molecular weight is 368 g/mol. The molecule has 0 bridgehead atoms. The topological polar surface area (TPSA) is 50.8 Å². The fourth-order valence-electron chi connectivity index (χ4n) is 2.21. The lowest BCUT2D eigenvalue weighted by atomic mass is 10.1. The number of hydrogen-bond acceptors (Lipinski definition) is 4. The van der Waals surface area contributed by atoms with Crippen molar-refractivity contribution in [2.24, 2.45) is 0 Å². The number of benzene rings is 2. The van der Waals surface area contributed by atoms with Gasteiger partial charge >= 0.3 is 6.18 Å². The first-order valence-electron chi connectivity index (χ1n) is 7.66. The summed E-state index contributed by atoms with van der Waals surface area (Å²) in [5, 5.41) is 2.47. The van der Waals surface area contributed by atoms with Crippen molar-refractivity contribution in [2.75, 3.05) is 38.0 Å². The number of carbonyl (C=O) groups excluding carboxylic acids is 1. The number of alkyl halides is 3. The smallest absolute Gasteiger partial charge is 0.416 e. The summed E-state index contributed by atoms with van der Waals surface area (Å²) < 4.78 is 49.1. The standard InChI is InChI=1S/C18H19F3N2O3/c1-23(2)16-9-4-12(18(19,20)21)10-15(16)22-17(24)11-26-14-7-5-13(25-3)6-8-14/h4-10H,11H2,1-3H3,(H,22,24). The third kappa shape index (κ3) is 5.05. The Morgan fingerprint density at radius 2 is 1.69 bits per heavy atom. The van der Waals surface area contributed by atoms with Gasteiger partial charge in [-0.15, -0.1) is 0 Å². The van der Waals surface area contributed by atoms with E-state index in [9.17, 15) is 18.0 Å². The van der Waals surface area contributed by atoms with E-state index in [1.165, 1.54) is 13.2 Å². The third-order valence-electron chi connectivity index (χ3n) is 3.51. The Bertz CT molecular complexity index is 759. The minimum Gasteiger partial charge on any atom is -0.497 e. The first kappa shape index (κ1) is 19.4. The lowest BCUT2D eigenvalue weighted by Crippen LogP contribution is -2.22. The summed E-state index contributed by atoms with van der Waals surface area (Å²) in [6, 6.07) is 9.78. The highest BCUT2D eigenvalue weighted by Gasteiger charge is 2.31. The van der Waals surface area contributed by atoms with Gasteiger partial charge in [0.1, 0.15) is 11.5 Å². The van der Waals surface area contributed by atoms with Crippen molar-refractivity contribution in [2.45, 2.75) is 6.18 Å². The summed E-state index contributed by atoms with van der Waals surface area (Å²) >= 11 is 0. The van der Waals surface area contributed by atoms with Crippen molar-refractivity contribution >= 4 is 17.3 Å². The summed E-state index contributed by atoms with van der Waals surface area (Å²) in [5.41, 5.74) is -0.321. The van der Waals surface area contributed by atoms with Gasteiger partial charge in [-0.25, -0.2) is 0 Å². The molecule has 0 heterocycles. The molecule has 2 aromatic carbocycles. The van der Waals surface area contributed by atoms with E-state index in [-0.39, 0.29) is 12.3 Å². The van der Waals surface area contributed by atoms with E-state index in [1.807, 2.05) is 0 Å². The molecule has 2 aromatic rings. The molecule has 0 radical (unpaired) electrons. The molecule has 0 unspecified atom stereocenters. The number of anilines is 2. The van der Waals surface area contributed by atoms with Crippen molar-refractivity contribution in [3.8, 4) is 11.5 Å². The lowest BCUT2D eigenvalue weighted by molar-refractivity contribution is -0.137. The van der Waals surface area contributed by atoms with Crippen LogP contribution in [-0.4, -0.2) is 33.7 Å². The Morgan fingerprint density at radius 3 is 2.23 bits per heavy atom. The zero-order valence-electron chi connectivity index (χ0n) is 14.6. The van der Waals surface area contributed by atoms with Crippen LogP contribution < -0.4 is 19.7 Å². The molecule has 0 aliphatic heterocycles. The number of methoxy groups -OCH3 is 1. The molecule has 5 nitrogen and oxygen atoms in total. The monoisotopic (exact) mass is 368 g/mol. The summed E-state index contributed by atoms with van der Waals surface area (Å²) in [6.45, 7) is -0.338. The summed E-state index contributed by atoms with van der Waals surface area (Å²) in [5.74, 6) is 0.516. The number of halogens is 3. The van der Waals surface area contributed by atoms with Gasteiger partial charge in [-0.1, -0.05) is 0 Å². The van der Waals surface area contributed by atoms with E-state index in [0.717, 1.165) is 12.1 Å². The van der Waals surface area contributed by atoms with E-state index in [1.54, 1.807) is 43.3 Å². The predicted molar refractivity (Wildman–Crippen MR) is 92.9 cm³/mol. The average Bonchev–Trinajstić information content (AvgIpc) is 2.59. The molecule has 0 saturated heterocycles. The zero-order chi connectivity index (χ0) is 19.3. The minimum absolute atomic E-state index is 0.0631. The summed E-state index contributed by atoms with van der Waals surface area (Å²) in [4.78, 5) is 13.7. The summed E-state index contributed by atoms with van der Waals surface area (Å²) in [6.07, 6.45) is -4.50. The van der Waals surface area contributed by atoms with E-state index in [4.69, 9.17) is 9.47 Å². The molecule has 0 aliphatic carbocycles. The molecule has 0 saturated carbocycles. The Kier molecular flexibility index (Phi) is 5.97. The lowest BCUT2D eigenvalue weighted by Gasteiger charge is -2.20. The van der Waals surface area contributed by atoms with Gasteiger partial charge in [0, 0.05) is 14.1 Å². The van der Waals surface area contributed by atoms with Crippen LogP contribution in [0.2, 0.25) is 0 Å². The number of amides is 1. The number of hydrogen-bond donors (Lipinski definition) is 1. The molecule has 0 aliphatic rings. The largest absolute Gasteiger partial charge is 0.497 e. The van der Waals surface area contributed by atoms with Gasteiger partial charge in [-0.2, -0.15) is 13.2 Å². The molecule has 0 spiro atoms. The molecule has 26 heavy (non-hydrogen) atoms. The van der Waals surface area contributed by atoms with Crippen molar-refractivity contribution in [3.63, 3.8) is 0 Å². The minimum atomic E-state index is -4.50. The van der Waals surface area contributed by atoms with Crippen molar-refractivity contribution < 1.29 is 27.4 Å². The van der Waals surface area contributed by atoms with Crippen LogP contribution in [0.25, 0.3) is 0 Å². The van der Waals surface area contributed by atoms with Gasteiger partial charge in [0.15, 0.2) is 6.61 Å². The Hall–Kier alpha value is -2.90. The van der Waals surface area contributed by atoms with Gasteiger partial charge in [0.05, 0.1) is 24.0 Å². The van der Waals surface area contributed by atoms with Crippen LogP contribution in [-0.2, 0) is 11.0 Å². The van der Waals surface area contributed by atoms with Crippen molar-refractivity contribution in [1.82, 2.24) is 0 Å². The molecule has 1 amide bonds. The van der Waals surface area contributed by atoms with Gasteiger partial charge in [-0.3, -0.25) is 4.79 Å². The van der Waals surface area contributed by atoms with Crippen LogP contribution in [0.5, 0.6) is 11.5 Å². The first-order chi connectivity index (χ1) is 12.2. The molecule has 1 N–H and O–H groups in total. The maximum atomic E-state index is 12.9.